The molecule has 0 aromatic heterocycles. The van der Waals surface area contributed by atoms with E-state index in [4.69, 9.17) is 5.73 Å². The Kier molecular flexibility index (Phi) is 5.08. The summed E-state index contributed by atoms with van der Waals surface area (Å²) in [5.41, 5.74) is 8.08. The molecule has 1 fully saturated rings. The number of carbonyl (C=O) groups excluding carboxylic acids is 1. The average Bonchev–Trinajstić information content (AvgIpc) is 3.05. The molecule has 0 bridgehead atoms. The molecule has 2 aromatic rings. The number of benzene rings is 2. The quantitative estimate of drug-likeness (QED) is 0.763. The van der Waals surface area contributed by atoms with Gasteiger partial charge in [0.15, 0.2) is 0 Å². The van der Waals surface area contributed by atoms with Crippen molar-refractivity contribution in [1.29, 1.82) is 0 Å². The predicted octanol–water partition coefficient (Wildman–Crippen LogP) is 2.73. The van der Waals surface area contributed by atoms with Crippen molar-refractivity contribution in [3.63, 3.8) is 0 Å². The Morgan fingerprint density at radius 2 is 2.00 bits per heavy atom. The third-order valence-corrected chi connectivity index (χ3v) is 6.09. The predicted molar refractivity (Wildman–Crippen MR) is 105 cm³/mol. The number of halogens is 1. The summed E-state index contributed by atoms with van der Waals surface area (Å²) in [4.78, 5) is 14.8. The van der Waals surface area contributed by atoms with Crippen LogP contribution in [0.25, 0.3) is 0 Å². The summed E-state index contributed by atoms with van der Waals surface area (Å²) >= 11 is 0. The average molecular weight is 383 g/mol. The Hall–Kier alpha value is -2.44. The lowest BCUT2D eigenvalue weighted by atomic mass is 9.88. The van der Waals surface area contributed by atoms with Crippen LogP contribution in [0.3, 0.4) is 0 Å². The molecule has 2 aromatic carbocycles. The van der Waals surface area contributed by atoms with E-state index in [1.54, 1.807) is 17.0 Å². The third-order valence-electron chi connectivity index (χ3n) is 6.09. The first-order valence-corrected chi connectivity index (χ1v) is 9.84. The highest BCUT2D eigenvalue weighted by Gasteiger charge is 2.40. The minimum atomic E-state index is -1.05. The fourth-order valence-corrected chi connectivity index (χ4v) is 4.42. The van der Waals surface area contributed by atoms with E-state index in [1.165, 1.54) is 17.7 Å². The number of aliphatic hydroxyl groups is 1. The van der Waals surface area contributed by atoms with Gasteiger partial charge in [0.1, 0.15) is 5.82 Å². The Morgan fingerprint density at radius 1 is 1.25 bits per heavy atom. The molecule has 6 heteroatoms. The molecule has 0 spiro atoms. The second kappa shape index (κ2) is 7.53. The van der Waals surface area contributed by atoms with E-state index in [2.05, 4.69) is 11.4 Å². The summed E-state index contributed by atoms with van der Waals surface area (Å²) < 4.78 is 13.4. The van der Waals surface area contributed by atoms with Gasteiger partial charge in [0.25, 0.3) is 0 Å². The number of fused-ring (bicyclic) bond motifs is 1. The summed E-state index contributed by atoms with van der Waals surface area (Å²) in [5, 5.41) is 13.6. The molecule has 0 saturated heterocycles. The van der Waals surface area contributed by atoms with Gasteiger partial charge in [0.05, 0.1) is 11.6 Å². The second-order valence-corrected chi connectivity index (χ2v) is 7.86. The molecular formula is C22H26FN3O2. The molecule has 4 N–H and O–H groups in total. The first-order valence-electron chi connectivity index (χ1n) is 9.84. The minimum Gasteiger partial charge on any atom is -0.386 e. The molecule has 2 amide bonds. The summed E-state index contributed by atoms with van der Waals surface area (Å²) in [6.07, 6.45) is 2.98. The fraction of sp³-hybridized carbons (Fsp3) is 0.409. The Balaban J connectivity index is 1.59. The van der Waals surface area contributed by atoms with Crippen LogP contribution in [-0.2, 0) is 6.42 Å². The van der Waals surface area contributed by atoms with Crippen molar-refractivity contribution in [1.82, 2.24) is 10.2 Å². The smallest absolute Gasteiger partial charge is 0.318 e. The number of urea groups is 1. The van der Waals surface area contributed by atoms with Crippen molar-refractivity contribution in [3.8, 4) is 0 Å². The van der Waals surface area contributed by atoms with Gasteiger partial charge in [-0.05, 0) is 54.5 Å². The van der Waals surface area contributed by atoms with Gasteiger partial charge in [-0.3, -0.25) is 0 Å². The van der Waals surface area contributed by atoms with Crippen molar-refractivity contribution >= 4 is 6.03 Å². The number of nitrogens with zero attached hydrogens (tertiary/aromatic N) is 1. The maximum Gasteiger partial charge on any atom is 0.318 e. The van der Waals surface area contributed by atoms with Crippen molar-refractivity contribution < 1.29 is 14.3 Å². The van der Waals surface area contributed by atoms with Crippen molar-refractivity contribution in [2.75, 3.05) is 13.1 Å². The molecule has 2 aliphatic rings. The van der Waals surface area contributed by atoms with Crippen LogP contribution in [0, 0.1) is 5.82 Å². The molecule has 1 saturated carbocycles. The van der Waals surface area contributed by atoms with Crippen LogP contribution < -0.4 is 11.1 Å². The van der Waals surface area contributed by atoms with Gasteiger partial charge >= 0.3 is 6.03 Å². The minimum absolute atomic E-state index is 0.140. The molecule has 2 unspecified atom stereocenters. The summed E-state index contributed by atoms with van der Waals surface area (Å²) in [6.45, 7) is 0.691. The number of hydrogen-bond acceptors (Lipinski definition) is 3. The van der Waals surface area contributed by atoms with Crippen LogP contribution >= 0.6 is 0 Å². The Morgan fingerprint density at radius 3 is 2.71 bits per heavy atom. The van der Waals surface area contributed by atoms with Crippen molar-refractivity contribution in [2.45, 2.75) is 43.4 Å². The van der Waals surface area contributed by atoms with Gasteiger partial charge in [-0.15, -0.1) is 0 Å². The lowest BCUT2D eigenvalue weighted by Crippen LogP contribution is -2.55. The molecule has 148 valence electrons. The first-order chi connectivity index (χ1) is 13.5. The summed E-state index contributed by atoms with van der Waals surface area (Å²) in [7, 11) is 0. The second-order valence-electron chi connectivity index (χ2n) is 7.86. The first kappa shape index (κ1) is 18.9. The van der Waals surface area contributed by atoms with Gasteiger partial charge in [0.2, 0.25) is 0 Å². The van der Waals surface area contributed by atoms with E-state index in [-0.39, 0.29) is 30.5 Å². The Labute approximate surface area is 164 Å². The third kappa shape index (κ3) is 3.50. The van der Waals surface area contributed by atoms with Gasteiger partial charge in [-0.25, -0.2) is 9.18 Å². The van der Waals surface area contributed by atoms with E-state index in [0.717, 1.165) is 30.4 Å². The maximum absolute atomic E-state index is 13.4. The zero-order valence-electron chi connectivity index (χ0n) is 15.8. The highest BCUT2D eigenvalue weighted by Crippen LogP contribution is 2.35. The molecule has 5 nitrogen and oxygen atoms in total. The van der Waals surface area contributed by atoms with E-state index < -0.39 is 5.60 Å². The molecule has 3 atom stereocenters. The molecule has 28 heavy (non-hydrogen) atoms. The molecule has 1 aliphatic heterocycles. The van der Waals surface area contributed by atoms with E-state index in [9.17, 15) is 14.3 Å². The monoisotopic (exact) mass is 383 g/mol. The van der Waals surface area contributed by atoms with Crippen LogP contribution in [0.15, 0.2) is 48.5 Å². The van der Waals surface area contributed by atoms with Gasteiger partial charge in [0, 0.05) is 19.1 Å². The summed E-state index contributed by atoms with van der Waals surface area (Å²) in [6, 6.07) is 13.5. The van der Waals surface area contributed by atoms with Gasteiger partial charge < -0.3 is 21.1 Å². The lowest BCUT2D eigenvalue weighted by molar-refractivity contribution is 0.0329. The van der Waals surface area contributed by atoms with Crippen LogP contribution in [-0.4, -0.2) is 40.8 Å². The van der Waals surface area contributed by atoms with Gasteiger partial charge in [-0.2, -0.15) is 0 Å². The van der Waals surface area contributed by atoms with Gasteiger partial charge in [-0.1, -0.05) is 36.4 Å². The number of nitrogens with two attached hydrogens (primary N) is 1. The lowest BCUT2D eigenvalue weighted by Gasteiger charge is -2.38. The molecular weight excluding hydrogens is 357 g/mol. The number of amides is 2. The zero-order valence-corrected chi connectivity index (χ0v) is 15.8. The highest BCUT2D eigenvalue weighted by atomic mass is 19.1. The number of carbonyl (C=O) groups is 1. The Bertz CT molecular complexity index is 857. The molecule has 0 radical (unpaired) electrons. The highest BCUT2D eigenvalue weighted by molar-refractivity contribution is 5.76. The van der Waals surface area contributed by atoms with E-state index in [1.807, 2.05) is 18.2 Å². The van der Waals surface area contributed by atoms with Crippen molar-refractivity contribution in [2.24, 2.45) is 5.73 Å². The van der Waals surface area contributed by atoms with Crippen LogP contribution in [0.5, 0.6) is 0 Å². The van der Waals surface area contributed by atoms with Crippen LogP contribution in [0.2, 0.25) is 0 Å². The SMILES string of the molecule is NC1CCCC1(O)CNC(=O)N1CCc2ccccc2[C@@H]1c1ccc(F)cc1. The van der Waals surface area contributed by atoms with E-state index >= 15 is 0 Å². The van der Waals surface area contributed by atoms with Crippen LogP contribution in [0.1, 0.15) is 42.0 Å². The number of nitrogens with one attached hydrogen (secondary N) is 1. The summed E-state index contributed by atoms with van der Waals surface area (Å²) in [5.74, 6) is -0.304. The number of rotatable bonds is 3. The van der Waals surface area contributed by atoms with Crippen LogP contribution in [0.4, 0.5) is 9.18 Å². The standard InChI is InChI=1S/C22H26FN3O2/c23-17-9-7-16(8-10-17)20-18-5-2-1-4-15(18)11-13-26(20)21(27)25-14-22(28)12-3-6-19(22)24/h1-2,4-5,7-10,19-20,28H,3,6,11-14,24H2,(H,25,27)/t19?,20-,22?/m0/s1. The number of hydrogen-bond donors (Lipinski definition) is 3. The molecule has 4 rings (SSSR count). The topological polar surface area (TPSA) is 78.6 Å². The van der Waals surface area contributed by atoms with Crippen molar-refractivity contribution in [3.05, 3.63) is 71.0 Å². The fourth-order valence-electron chi connectivity index (χ4n) is 4.42. The zero-order chi connectivity index (χ0) is 19.7. The normalized spacial score (nSPS) is 26.8. The molecule has 1 aliphatic carbocycles. The molecule has 1 heterocycles. The maximum atomic E-state index is 13.4. The van der Waals surface area contributed by atoms with E-state index in [0.29, 0.717) is 13.0 Å². The largest absolute Gasteiger partial charge is 0.386 e.